The van der Waals surface area contributed by atoms with Gasteiger partial charge in [-0.05, 0) is 6.07 Å². The molecule has 0 aromatic heterocycles. The maximum atomic E-state index is 14.2. The van der Waals surface area contributed by atoms with Gasteiger partial charge in [0.15, 0.2) is 0 Å². The summed E-state index contributed by atoms with van der Waals surface area (Å²) in [5.74, 6) is -1.12. The summed E-state index contributed by atoms with van der Waals surface area (Å²) in [6.07, 6.45) is 0. The maximum absolute atomic E-state index is 14.2. The number of nitrogens with zero attached hydrogens (tertiary/aromatic N) is 1. The summed E-state index contributed by atoms with van der Waals surface area (Å²) in [5, 5.41) is 12.9. The summed E-state index contributed by atoms with van der Waals surface area (Å²) in [4.78, 5) is 2.16. The van der Waals surface area contributed by atoms with Gasteiger partial charge in [-0.25, -0.2) is 8.78 Å². The third kappa shape index (κ3) is 3.16. The summed E-state index contributed by atoms with van der Waals surface area (Å²) in [7, 11) is 0. The van der Waals surface area contributed by atoms with Gasteiger partial charge < -0.3 is 10.4 Å². The van der Waals surface area contributed by atoms with E-state index in [1.165, 1.54) is 12.1 Å². The highest BCUT2D eigenvalue weighted by Crippen LogP contribution is 2.39. The number of rotatable bonds is 4. The first-order valence-electron chi connectivity index (χ1n) is 6.96. The summed E-state index contributed by atoms with van der Waals surface area (Å²) in [6.45, 7) is 6.99. The van der Waals surface area contributed by atoms with Crippen LogP contribution in [-0.2, 0) is 0 Å². The molecule has 1 aliphatic rings. The normalized spacial score (nSPS) is 19.1. The van der Waals surface area contributed by atoms with E-state index < -0.39 is 17.0 Å². The maximum Gasteiger partial charge on any atom is 0.130 e. The van der Waals surface area contributed by atoms with Gasteiger partial charge in [0.05, 0.1) is 0 Å². The monoisotopic (exact) mass is 284 g/mol. The first-order valence-corrected chi connectivity index (χ1v) is 6.96. The van der Waals surface area contributed by atoms with E-state index >= 15 is 0 Å². The molecule has 5 heteroatoms. The van der Waals surface area contributed by atoms with Crippen LogP contribution in [0.2, 0.25) is 0 Å². The van der Waals surface area contributed by atoms with Crippen LogP contribution in [0.1, 0.15) is 25.5 Å². The van der Waals surface area contributed by atoms with E-state index in [0.29, 0.717) is 5.56 Å². The van der Waals surface area contributed by atoms with Crippen LogP contribution in [0.4, 0.5) is 8.78 Å². The Kier molecular flexibility index (Phi) is 4.73. The molecule has 1 aliphatic heterocycles. The lowest BCUT2D eigenvalue weighted by Gasteiger charge is -2.43. The fourth-order valence-corrected chi connectivity index (χ4v) is 2.86. The summed E-state index contributed by atoms with van der Waals surface area (Å²) in [5.41, 5.74) is -0.0527. The highest BCUT2D eigenvalue weighted by Gasteiger charge is 2.37. The van der Waals surface area contributed by atoms with E-state index in [1.54, 1.807) is 0 Å². The third-order valence-corrected chi connectivity index (χ3v) is 3.92. The van der Waals surface area contributed by atoms with E-state index in [2.05, 4.69) is 10.2 Å². The Labute approximate surface area is 118 Å². The van der Waals surface area contributed by atoms with E-state index in [1.807, 2.05) is 13.8 Å². The summed E-state index contributed by atoms with van der Waals surface area (Å²) in [6, 6.07) is 3.42. The van der Waals surface area contributed by atoms with Gasteiger partial charge in [-0.15, -0.1) is 0 Å². The lowest BCUT2D eigenvalue weighted by molar-refractivity contribution is 0.0286. The molecule has 0 unspecified atom stereocenters. The van der Waals surface area contributed by atoms with Crippen molar-refractivity contribution >= 4 is 0 Å². The first-order chi connectivity index (χ1) is 9.45. The SMILES string of the molecule is CC(C)(CO)[C@@H](c1ccc(F)cc1F)N1CCNCC1. The predicted molar refractivity (Wildman–Crippen MR) is 74.4 cm³/mol. The van der Waals surface area contributed by atoms with Gasteiger partial charge in [-0.2, -0.15) is 0 Å². The Hall–Kier alpha value is -1.04. The summed E-state index contributed by atoms with van der Waals surface area (Å²) >= 11 is 0. The molecule has 1 aromatic rings. The zero-order valence-corrected chi connectivity index (χ0v) is 12.0. The number of aliphatic hydroxyl groups is 1. The fraction of sp³-hybridized carbons (Fsp3) is 0.600. The number of hydrogen-bond acceptors (Lipinski definition) is 3. The number of aliphatic hydroxyl groups excluding tert-OH is 1. The van der Waals surface area contributed by atoms with Crippen LogP contribution in [-0.4, -0.2) is 42.8 Å². The van der Waals surface area contributed by atoms with Crippen molar-refractivity contribution in [2.24, 2.45) is 5.41 Å². The highest BCUT2D eigenvalue weighted by atomic mass is 19.1. The van der Waals surface area contributed by atoms with E-state index in [0.717, 1.165) is 32.2 Å². The van der Waals surface area contributed by atoms with Crippen molar-refractivity contribution in [1.29, 1.82) is 0 Å². The molecule has 2 rings (SSSR count). The molecule has 0 bridgehead atoms. The van der Waals surface area contributed by atoms with Gasteiger partial charge in [0, 0.05) is 55.9 Å². The van der Waals surface area contributed by atoms with Crippen molar-refractivity contribution in [2.75, 3.05) is 32.8 Å². The predicted octanol–water partition coefficient (Wildman–Crippen LogP) is 1.93. The molecule has 1 atom stereocenters. The van der Waals surface area contributed by atoms with Crippen LogP contribution in [0.5, 0.6) is 0 Å². The number of piperazine rings is 1. The molecule has 1 saturated heterocycles. The molecule has 20 heavy (non-hydrogen) atoms. The van der Waals surface area contributed by atoms with Crippen molar-refractivity contribution in [3.63, 3.8) is 0 Å². The van der Waals surface area contributed by atoms with Crippen molar-refractivity contribution in [1.82, 2.24) is 10.2 Å². The van der Waals surface area contributed by atoms with Crippen LogP contribution in [0.15, 0.2) is 18.2 Å². The third-order valence-electron chi connectivity index (χ3n) is 3.92. The minimum absolute atomic E-state index is 0.0571. The molecule has 112 valence electrons. The standard InChI is InChI=1S/C15H22F2N2O/c1-15(2,10-20)14(19-7-5-18-6-8-19)12-4-3-11(16)9-13(12)17/h3-4,9,14,18,20H,5-8,10H2,1-2H3/t14-/m1/s1. The largest absolute Gasteiger partial charge is 0.396 e. The molecule has 0 radical (unpaired) electrons. The van der Waals surface area contributed by atoms with Crippen LogP contribution in [0.25, 0.3) is 0 Å². The van der Waals surface area contributed by atoms with Crippen LogP contribution >= 0.6 is 0 Å². The average Bonchev–Trinajstić information content (AvgIpc) is 2.43. The molecule has 0 amide bonds. The molecule has 0 spiro atoms. The molecular weight excluding hydrogens is 262 g/mol. The van der Waals surface area contributed by atoms with Gasteiger partial charge in [0.1, 0.15) is 11.6 Å². The molecule has 2 N–H and O–H groups in total. The average molecular weight is 284 g/mol. The molecule has 3 nitrogen and oxygen atoms in total. The lowest BCUT2D eigenvalue weighted by Crippen LogP contribution is -2.49. The zero-order chi connectivity index (χ0) is 14.8. The minimum Gasteiger partial charge on any atom is -0.396 e. The van der Waals surface area contributed by atoms with Crippen molar-refractivity contribution in [3.05, 3.63) is 35.4 Å². The van der Waals surface area contributed by atoms with Gasteiger partial charge in [0.25, 0.3) is 0 Å². The second-order valence-corrected chi connectivity index (χ2v) is 6.00. The van der Waals surface area contributed by atoms with Crippen molar-refractivity contribution in [3.8, 4) is 0 Å². The Morgan fingerprint density at radius 3 is 2.50 bits per heavy atom. The van der Waals surface area contributed by atoms with Gasteiger partial charge in [0.2, 0.25) is 0 Å². The molecule has 1 aromatic carbocycles. The zero-order valence-electron chi connectivity index (χ0n) is 12.0. The Morgan fingerprint density at radius 2 is 1.95 bits per heavy atom. The second-order valence-electron chi connectivity index (χ2n) is 6.00. The Morgan fingerprint density at radius 1 is 1.30 bits per heavy atom. The van der Waals surface area contributed by atoms with Crippen molar-refractivity contribution < 1.29 is 13.9 Å². The molecule has 0 saturated carbocycles. The smallest absolute Gasteiger partial charge is 0.130 e. The van der Waals surface area contributed by atoms with Crippen LogP contribution in [0.3, 0.4) is 0 Å². The van der Waals surface area contributed by atoms with E-state index in [9.17, 15) is 13.9 Å². The molecular formula is C15H22F2N2O. The fourth-order valence-electron chi connectivity index (χ4n) is 2.86. The van der Waals surface area contributed by atoms with E-state index in [4.69, 9.17) is 0 Å². The van der Waals surface area contributed by atoms with Gasteiger partial charge in [-0.1, -0.05) is 19.9 Å². The topological polar surface area (TPSA) is 35.5 Å². The number of nitrogens with one attached hydrogen (secondary N) is 1. The first kappa shape index (κ1) is 15.4. The lowest BCUT2D eigenvalue weighted by atomic mass is 9.79. The van der Waals surface area contributed by atoms with Crippen LogP contribution in [0, 0.1) is 17.0 Å². The van der Waals surface area contributed by atoms with E-state index in [-0.39, 0.29) is 12.6 Å². The number of benzene rings is 1. The highest BCUT2D eigenvalue weighted by molar-refractivity contribution is 5.24. The Bertz CT molecular complexity index is 459. The minimum atomic E-state index is -0.577. The van der Waals surface area contributed by atoms with Gasteiger partial charge >= 0.3 is 0 Å². The van der Waals surface area contributed by atoms with Crippen molar-refractivity contribution in [2.45, 2.75) is 19.9 Å². The van der Waals surface area contributed by atoms with Gasteiger partial charge in [-0.3, -0.25) is 4.90 Å². The number of hydrogen-bond donors (Lipinski definition) is 2. The quantitative estimate of drug-likeness (QED) is 0.887. The van der Waals surface area contributed by atoms with Crippen LogP contribution < -0.4 is 5.32 Å². The Balaban J connectivity index is 2.39. The summed E-state index contributed by atoms with van der Waals surface area (Å²) < 4.78 is 27.3. The molecule has 1 heterocycles. The second kappa shape index (κ2) is 6.16. The molecule has 0 aliphatic carbocycles. The number of halogens is 2. The molecule has 1 fully saturated rings.